The summed E-state index contributed by atoms with van der Waals surface area (Å²) < 4.78 is 5.97. The molecule has 0 bridgehead atoms. The zero-order valence-corrected chi connectivity index (χ0v) is 8.65. The van der Waals surface area contributed by atoms with E-state index >= 15 is 0 Å². The number of carbonyl (C=O) groups is 1. The summed E-state index contributed by atoms with van der Waals surface area (Å²) >= 11 is 0. The van der Waals surface area contributed by atoms with Gasteiger partial charge in [0.05, 0.1) is 12.8 Å². The Hall–Kier alpha value is -1.52. The summed E-state index contributed by atoms with van der Waals surface area (Å²) in [6.45, 7) is 4.10. The minimum absolute atomic E-state index is 0.309. The van der Waals surface area contributed by atoms with Gasteiger partial charge in [-0.1, -0.05) is 13.8 Å². The number of aromatic nitrogens is 2. The predicted octanol–water partition coefficient (Wildman–Crippen LogP) is 0.582. The first-order chi connectivity index (χ1) is 6.56. The van der Waals surface area contributed by atoms with Gasteiger partial charge in [-0.2, -0.15) is 0 Å². The quantitative estimate of drug-likeness (QED) is 0.568. The minimum Gasteiger partial charge on any atom is -0.464 e. The van der Waals surface area contributed by atoms with Gasteiger partial charge in [0.2, 0.25) is 0 Å². The normalized spacial score (nSPS) is 10.6. The maximum atomic E-state index is 11.3. The Balaban J connectivity index is 2.99. The number of nitrogens with two attached hydrogens (primary N) is 1. The number of esters is 1. The molecule has 1 aromatic rings. The average Bonchev–Trinajstić information content (AvgIpc) is 2.46. The molecule has 0 fully saturated rings. The molecule has 0 aromatic carbocycles. The zero-order chi connectivity index (χ0) is 10.7. The van der Waals surface area contributed by atoms with Crippen LogP contribution in [0.1, 0.15) is 30.0 Å². The van der Waals surface area contributed by atoms with Crippen LogP contribution in [-0.4, -0.2) is 22.7 Å². The lowest BCUT2D eigenvalue weighted by atomic mass is 10.1. The molecular weight excluding hydrogens is 182 g/mol. The molecule has 0 aliphatic heterocycles. The van der Waals surface area contributed by atoms with E-state index in [-0.39, 0.29) is 0 Å². The van der Waals surface area contributed by atoms with Crippen molar-refractivity contribution in [1.82, 2.24) is 9.66 Å². The van der Waals surface area contributed by atoms with E-state index in [1.54, 1.807) is 0 Å². The van der Waals surface area contributed by atoms with Crippen LogP contribution in [0.2, 0.25) is 0 Å². The van der Waals surface area contributed by atoms with Crippen LogP contribution in [0.15, 0.2) is 6.33 Å². The Kier molecular flexibility index (Phi) is 3.11. The Labute approximate surface area is 82.8 Å². The highest BCUT2D eigenvalue weighted by Gasteiger charge is 2.18. The van der Waals surface area contributed by atoms with Crippen LogP contribution in [0.3, 0.4) is 0 Å². The van der Waals surface area contributed by atoms with Gasteiger partial charge in [0.15, 0.2) is 5.69 Å². The van der Waals surface area contributed by atoms with E-state index in [0.717, 1.165) is 0 Å². The number of imidazole rings is 1. The molecule has 0 saturated heterocycles. The third-order valence-electron chi connectivity index (χ3n) is 1.88. The molecule has 0 saturated carbocycles. The molecule has 1 heterocycles. The van der Waals surface area contributed by atoms with Crippen LogP contribution < -0.4 is 5.84 Å². The molecule has 0 radical (unpaired) electrons. The van der Waals surface area contributed by atoms with Gasteiger partial charge in [0.1, 0.15) is 6.33 Å². The molecule has 1 aromatic heterocycles. The maximum absolute atomic E-state index is 11.3. The topological polar surface area (TPSA) is 70.1 Å². The van der Waals surface area contributed by atoms with Gasteiger partial charge in [0, 0.05) is 0 Å². The standard InChI is InChI=1S/C9H15N3O2/c1-6(2)4-7-8(9(13)14-3)11-5-12(7)10/h5-6H,4,10H2,1-3H3. The van der Waals surface area contributed by atoms with Crippen LogP contribution in [0.4, 0.5) is 0 Å². The van der Waals surface area contributed by atoms with Gasteiger partial charge in [0.25, 0.3) is 0 Å². The second-order valence-electron chi connectivity index (χ2n) is 3.54. The number of nitrogens with zero attached hydrogens (tertiary/aromatic N) is 2. The summed E-state index contributed by atoms with van der Waals surface area (Å²) in [5.74, 6) is 5.60. The molecule has 2 N–H and O–H groups in total. The van der Waals surface area contributed by atoms with Gasteiger partial charge in [-0.05, 0) is 12.3 Å². The average molecular weight is 197 g/mol. The highest BCUT2D eigenvalue weighted by molar-refractivity contribution is 5.88. The summed E-state index contributed by atoms with van der Waals surface area (Å²) in [6, 6.07) is 0. The molecule has 1 rings (SSSR count). The van der Waals surface area contributed by atoms with Crippen molar-refractivity contribution in [1.29, 1.82) is 0 Å². The predicted molar refractivity (Wildman–Crippen MR) is 52.3 cm³/mol. The molecule has 0 unspecified atom stereocenters. The van der Waals surface area contributed by atoms with Crippen molar-refractivity contribution in [3.63, 3.8) is 0 Å². The van der Waals surface area contributed by atoms with Crippen LogP contribution in [-0.2, 0) is 11.2 Å². The second-order valence-corrected chi connectivity index (χ2v) is 3.54. The van der Waals surface area contributed by atoms with E-state index in [9.17, 15) is 4.79 Å². The highest BCUT2D eigenvalue weighted by Crippen LogP contribution is 2.11. The third kappa shape index (κ3) is 2.04. The number of nitrogen functional groups attached to an aromatic ring is 1. The van der Waals surface area contributed by atoms with E-state index in [1.807, 2.05) is 13.8 Å². The highest BCUT2D eigenvalue weighted by atomic mass is 16.5. The van der Waals surface area contributed by atoms with Crippen LogP contribution in [0.25, 0.3) is 0 Å². The fourth-order valence-electron chi connectivity index (χ4n) is 1.24. The van der Waals surface area contributed by atoms with Crippen molar-refractivity contribution in [3.8, 4) is 0 Å². The lowest BCUT2D eigenvalue weighted by Crippen LogP contribution is -2.16. The summed E-state index contributed by atoms with van der Waals surface area (Å²) in [7, 11) is 1.33. The van der Waals surface area contributed by atoms with Crippen molar-refractivity contribution in [2.75, 3.05) is 13.0 Å². The minimum atomic E-state index is -0.440. The van der Waals surface area contributed by atoms with E-state index in [1.165, 1.54) is 18.1 Å². The molecule has 5 heteroatoms. The van der Waals surface area contributed by atoms with Gasteiger partial charge < -0.3 is 10.6 Å². The number of carbonyl (C=O) groups excluding carboxylic acids is 1. The molecule has 5 nitrogen and oxygen atoms in total. The number of rotatable bonds is 3. The lowest BCUT2D eigenvalue weighted by Gasteiger charge is -2.06. The molecule has 0 atom stereocenters. The monoisotopic (exact) mass is 197 g/mol. The van der Waals surface area contributed by atoms with Crippen molar-refractivity contribution in [2.45, 2.75) is 20.3 Å². The first kappa shape index (κ1) is 10.6. The van der Waals surface area contributed by atoms with E-state index in [4.69, 9.17) is 5.84 Å². The summed E-state index contributed by atoms with van der Waals surface area (Å²) in [4.78, 5) is 15.2. The Morgan fingerprint density at radius 3 is 2.86 bits per heavy atom. The zero-order valence-electron chi connectivity index (χ0n) is 8.65. The van der Waals surface area contributed by atoms with E-state index in [0.29, 0.717) is 23.7 Å². The Morgan fingerprint density at radius 2 is 2.36 bits per heavy atom. The van der Waals surface area contributed by atoms with Gasteiger partial charge in [-0.25, -0.2) is 9.78 Å². The van der Waals surface area contributed by atoms with Crippen molar-refractivity contribution in [2.24, 2.45) is 5.92 Å². The fraction of sp³-hybridized carbons (Fsp3) is 0.556. The fourth-order valence-corrected chi connectivity index (χ4v) is 1.24. The van der Waals surface area contributed by atoms with E-state index in [2.05, 4.69) is 9.72 Å². The first-order valence-electron chi connectivity index (χ1n) is 4.45. The molecule has 0 aliphatic rings. The Morgan fingerprint density at radius 1 is 1.71 bits per heavy atom. The summed E-state index contributed by atoms with van der Waals surface area (Å²) in [6.07, 6.45) is 2.13. The molecular formula is C9H15N3O2. The maximum Gasteiger partial charge on any atom is 0.358 e. The molecule has 78 valence electrons. The number of ether oxygens (including phenoxy) is 1. The van der Waals surface area contributed by atoms with Gasteiger partial charge >= 0.3 is 5.97 Å². The largest absolute Gasteiger partial charge is 0.464 e. The lowest BCUT2D eigenvalue weighted by molar-refractivity contribution is 0.0593. The number of hydrogen-bond donors (Lipinski definition) is 1. The molecule has 0 spiro atoms. The molecule has 14 heavy (non-hydrogen) atoms. The third-order valence-corrected chi connectivity index (χ3v) is 1.88. The second kappa shape index (κ2) is 4.13. The molecule has 0 aliphatic carbocycles. The summed E-state index contributed by atoms with van der Waals surface area (Å²) in [5.41, 5.74) is 1.02. The van der Waals surface area contributed by atoms with Gasteiger partial charge in [-0.15, -0.1) is 0 Å². The SMILES string of the molecule is COC(=O)c1ncn(N)c1CC(C)C. The first-order valence-corrected chi connectivity index (χ1v) is 4.45. The van der Waals surface area contributed by atoms with Crippen LogP contribution >= 0.6 is 0 Å². The Bertz CT molecular complexity index is 331. The van der Waals surface area contributed by atoms with Crippen LogP contribution in [0, 0.1) is 5.92 Å². The number of hydrogen-bond acceptors (Lipinski definition) is 4. The van der Waals surface area contributed by atoms with Crippen molar-refractivity contribution in [3.05, 3.63) is 17.7 Å². The summed E-state index contributed by atoms with van der Waals surface area (Å²) in [5, 5.41) is 0. The van der Waals surface area contributed by atoms with Crippen LogP contribution in [0.5, 0.6) is 0 Å². The molecule has 0 amide bonds. The van der Waals surface area contributed by atoms with Crippen molar-refractivity contribution < 1.29 is 9.53 Å². The smallest absolute Gasteiger partial charge is 0.358 e. The van der Waals surface area contributed by atoms with Crippen molar-refractivity contribution >= 4 is 5.97 Å². The van der Waals surface area contributed by atoms with E-state index < -0.39 is 5.97 Å². The number of methoxy groups -OCH3 is 1. The van der Waals surface area contributed by atoms with Gasteiger partial charge in [-0.3, -0.25) is 4.68 Å².